The van der Waals surface area contributed by atoms with Crippen LogP contribution < -0.4 is 5.32 Å². The predicted octanol–water partition coefficient (Wildman–Crippen LogP) is 3.62. The maximum atomic E-state index is 4.16. The summed E-state index contributed by atoms with van der Waals surface area (Å²) in [6, 6.07) is 8.73. The highest BCUT2D eigenvalue weighted by Crippen LogP contribution is 2.35. The molecule has 3 heteroatoms. The Morgan fingerprint density at radius 3 is 2.94 bits per heavy atom. The zero-order valence-electron chi connectivity index (χ0n) is 10.8. The molecule has 1 N–H and O–H groups in total. The normalized spacial score (nSPS) is 16.7. The van der Waals surface area contributed by atoms with Gasteiger partial charge in [-0.2, -0.15) is 10.2 Å². The van der Waals surface area contributed by atoms with E-state index in [1.54, 1.807) is 0 Å². The standard InChI is InChI=1S/C15H19N3/c1-2-12(9-11-7-8-11)17-15-10-16-18-14-6-4-3-5-13(14)15/h3-6,10-12H,2,7-9H2,1H3,(H,17,18). The molecule has 94 valence electrons. The molecule has 18 heavy (non-hydrogen) atoms. The fraction of sp³-hybridized carbons (Fsp3) is 0.467. The molecule has 1 fully saturated rings. The summed E-state index contributed by atoms with van der Waals surface area (Å²) in [6.45, 7) is 2.25. The smallest absolute Gasteiger partial charge is 0.0950 e. The predicted molar refractivity (Wildman–Crippen MR) is 74.6 cm³/mol. The van der Waals surface area contributed by atoms with Crippen LogP contribution in [0.2, 0.25) is 0 Å². The van der Waals surface area contributed by atoms with Crippen LogP contribution >= 0.6 is 0 Å². The van der Waals surface area contributed by atoms with Crippen molar-refractivity contribution >= 4 is 16.6 Å². The third kappa shape index (κ3) is 2.45. The Hall–Kier alpha value is -1.64. The van der Waals surface area contributed by atoms with Crippen LogP contribution in [0.1, 0.15) is 32.6 Å². The van der Waals surface area contributed by atoms with Crippen molar-refractivity contribution in [1.82, 2.24) is 10.2 Å². The molecule has 0 amide bonds. The summed E-state index contributed by atoms with van der Waals surface area (Å²) >= 11 is 0. The highest BCUT2D eigenvalue weighted by Gasteiger charge is 2.24. The molecule has 1 atom stereocenters. The van der Waals surface area contributed by atoms with Crippen molar-refractivity contribution in [3.05, 3.63) is 30.5 Å². The van der Waals surface area contributed by atoms with E-state index in [2.05, 4.69) is 34.6 Å². The summed E-state index contributed by atoms with van der Waals surface area (Å²) in [7, 11) is 0. The number of nitrogens with one attached hydrogen (secondary N) is 1. The van der Waals surface area contributed by atoms with E-state index in [1.165, 1.54) is 24.6 Å². The second-order valence-corrected chi connectivity index (χ2v) is 5.20. The van der Waals surface area contributed by atoms with E-state index in [0.29, 0.717) is 6.04 Å². The first kappa shape index (κ1) is 11.5. The van der Waals surface area contributed by atoms with E-state index in [-0.39, 0.29) is 0 Å². The average molecular weight is 241 g/mol. The molecule has 1 aromatic carbocycles. The maximum absolute atomic E-state index is 4.16. The van der Waals surface area contributed by atoms with E-state index < -0.39 is 0 Å². The number of aromatic nitrogens is 2. The molecule has 0 aliphatic heterocycles. The quantitative estimate of drug-likeness (QED) is 0.868. The highest BCUT2D eigenvalue weighted by molar-refractivity contribution is 5.90. The van der Waals surface area contributed by atoms with Crippen molar-refractivity contribution in [2.45, 2.75) is 38.6 Å². The summed E-state index contributed by atoms with van der Waals surface area (Å²) < 4.78 is 0. The van der Waals surface area contributed by atoms with Gasteiger partial charge in [-0.3, -0.25) is 0 Å². The Kier molecular flexibility index (Phi) is 3.13. The number of fused-ring (bicyclic) bond motifs is 1. The minimum Gasteiger partial charge on any atom is -0.380 e. The largest absolute Gasteiger partial charge is 0.380 e. The van der Waals surface area contributed by atoms with Crippen molar-refractivity contribution in [2.24, 2.45) is 5.92 Å². The minimum atomic E-state index is 0.560. The van der Waals surface area contributed by atoms with Gasteiger partial charge in [0.1, 0.15) is 0 Å². The molecule has 1 saturated carbocycles. The fourth-order valence-electron chi connectivity index (χ4n) is 2.43. The van der Waals surface area contributed by atoms with Crippen LogP contribution in [0.3, 0.4) is 0 Å². The second-order valence-electron chi connectivity index (χ2n) is 5.20. The van der Waals surface area contributed by atoms with Crippen molar-refractivity contribution in [1.29, 1.82) is 0 Å². The second kappa shape index (κ2) is 4.92. The zero-order chi connectivity index (χ0) is 12.4. The lowest BCUT2D eigenvalue weighted by Crippen LogP contribution is -2.19. The lowest BCUT2D eigenvalue weighted by molar-refractivity contribution is 0.587. The maximum Gasteiger partial charge on any atom is 0.0950 e. The first-order valence-corrected chi connectivity index (χ1v) is 6.83. The first-order valence-electron chi connectivity index (χ1n) is 6.83. The summed E-state index contributed by atoms with van der Waals surface area (Å²) in [4.78, 5) is 0. The van der Waals surface area contributed by atoms with Crippen molar-refractivity contribution in [3.63, 3.8) is 0 Å². The molecule has 2 aromatic rings. The van der Waals surface area contributed by atoms with Gasteiger partial charge in [0.05, 0.1) is 17.4 Å². The first-order chi connectivity index (χ1) is 8.86. The number of benzene rings is 1. The number of anilines is 1. The lowest BCUT2D eigenvalue weighted by Gasteiger charge is -2.18. The number of hydrogen-bond acceptors (Lipinski definition) is 3. The van der Waals surface area contributed by atoms with Gasteiger partial charge in [-0.25, -0.2) is 0 Å². The van der Waals surface area contributed by atoms with E-state index in [9.17, 15) is 0 Å². The van der Waals surface area contributed by atoms with Gasteiger partial charge in [0.15, 0.2) is 0 Å². The molecule has 0 radical (unpaired) electrons. The van der Waals surface area contributed by atoms with Crippen molar-refractivity contribution < 1.29 is 0 Å². The van der Waals surface area contributed by atoms with E-state index in [0.717, 1.165) is 23.5 Å². The zero-order valence-corrected chi connectivity index (χ0v) is 10.8. The van der Waals surface area contributed by atoms with Crippen LogP contribution in [0.15, 0.2) is 30.5 Å². The van der Waals surface area contributed by atoms with Crippen LogP contribution in [0.4, 0.5) is 5.69 Å². The molecule has 3 rings (SSSR count). The molecule has 1 aliphatic carbocycles. The summed E-state index contributed by atoms with van der Waals surface area (Å²) in [6.07, 6.45) is 7.11. The molecule has 1 aromatic heterocycles. The van der Waals surface area contributed by atoms with Crippen molar-refractivity contribution in [3.8, 4) is 0 Å². The van der Waals surface area contributed by atoms with Crippen LogP contribution in [0.25, 0.3) is 10.9 Å². The van der Waals surface area contributed by atoms with Gasteiger partial charge in [0.2, 0.25) is 0 Å². The van der Waals surface area contributed by atoms with E-state index in [4.69, 9.17) is 0 Å². The summed E-state index contributed by atoms with van der Waals surface area (Å²) in [5.74, 6) is 0.948. The van der Waals surface area contributed by atoms with Crippen LogP contribution in [0, 0.1) is 5.92 Å². The Morgan fingerprint density at radius 1 is 1.33 bits per heavy atom. The molecular weight excluding hydrogens is 222 g/mol. The third-order valence-electron chi connectivity index (χ3n) is 3.71. The minimum absolute atomic E-state index is 0.560. The van der Waals surface area contributed by atoms with Gasteiger partial charge in [0, 0.05) is 11.4 Å². The van der Waals surface area contributed by atoms with Gasteiger partial charge in [-0.1, -0.05) is 38.0 Å². The molecule has 1 aliphatic rings. The molecule has 1 unspecified atom stereocenters. The van der Waals surface area contributed by atoms with E-state index >= 15 is 0 Å². The van der Waals surface area contributed by atoms with Gasteiger partial charge < -0.3 is 5.32 Å². The Morgan fingerprint density at radius 2 is 2.17 bits per heavy atom. The van der Waals surface area contributed by atoms with Crippen LogP contribution in [-0.4, -0.2) is 16.2 Å². The molecule has 0 bridgehead atoms. The van der Waals surface area contributed by atoms with Gasteiger partial charge in [-0.15, -0.1) is 0 Å². The van der Waals surface area contributed by atoms with Crippen LogP contribution in [-0.2, 0) is 0 Å². The number of hydrogen-bond donors (Lipinski definition) is 1. The van der Waals surface area contributed by atoms with Gasteiger partial charge >= 0.3 is 0 Å². The fourth-order valence-corrected chi connectivity index (χ4v) is 2.43. The molecule has 0 spiro atoms. The highest BCUT2D eigenvalue weighted by atomic mass is 15.1. The van der Waals surface area contributed by atoms with Gasteiger partial charge in [0.25, 0.3) is 0 Å². The third-order valence-corrected chi connectivity index (χ3v) is 3.71. The monoisotopic (exact) mass is 241 g/mol. The Balaban J connectivity index is 1.84. The topological polar surface area (TPSA) is 37.8 Å². The Bertz CT molecular complexity index is 529. The number of rotatable bonds is 5. The molecular formula is C15H19N3. The number of nitrogens with zero attached hydrogens (tertiary/aromatic N) is 2. The summed E-state index contributed by atoms with van der Waals surface area (Å²) in [5, 5.41) is 13.0. The van der Waals surface area contributed by atoms with Gasteiger partial charge in [-0.05, 0) is 24.8 Å². The van der Waals surface area contributed by atoms with Crippen LogP contribution in [0.5, 0.6) is 0 Å². The lowest BCUT2D eigenvalue weighted by atomic mass is 10.1. The van der Waals surface area contributed by atoms with E-state index in [1.807, 2.05) is 18.3 Å². The van der Waals surface area contributed by atoms with Crippen molar-refractivity contribution in [2.75, 3.05) is 5.32 Å². The SMILES string of the molecule is CCC(CC1CC1)Nc1cnnc2ccccc12. The molecule has 3 nitrogen and oxygen atoms in total. The molecule has 1 heterocycles. The summed E-state index contributed by atoms with van der Waals surface area (Å²) in [5.41, 5.74) is 2.08. The molecule has 0 saturated heterocycles. The Labute approximate surface area is 108 Å². The average Bonchev–Trinajstić information content (AvgIpc) is 3.22.